The molecule has 0 aromatic heterocycles. The molecule has 1 aromatic rings. The molecule has 1 amide bonds. The van der Waals surface area contributed by atoms with Gasteiger partial charge in [0.05, 0.1) is 10.8 Å². The maximum Gasteiger partial charge on any atom is 0.243 e. The molecule has 7 heteroatoms. The quantitative estimate of drug-likeness (QED) is 0.822. The predicted octanol–water partition coefficient (Wildman–Crippen LogP) is 2.75. The average molecular weight is 371 g/mol. The zero-order chi connectivity index (χ0) is 17.2. The zero-order valence-corrected chi connectivity index (χ0v) is 15.2. The normalized spacial score (nSPS) is 23.2. The molecule has 2 fully saturated rings. The van der Waals surface area contributed by atoms with Gasteiger partial charge < -0.3 is 4.90 Å². The molecule has 0 aliphatic carbocycles. The first-order valence-corrected chi connectivity index (χ1v) is 10.3. The van der Waals surface area contributed by atoms with E-state index in [1.54, 1.807) is 12.1 Å². The lowest BCUT2D eigenvalue weighted by Crippen LogP contribution is -2.47. The van der Waals surface area contributed by atoms with Crippen molar-refractivity contribution in [1.29, 1.82) is 0 Å². The van der Waals surface area contributed by atoms with Crippen LogP contribution in [0.25, 0.3) is 0 Å². The van der Waals surface area contributed by atoms with Crippen molar-refractivity contribution in [3.8, 4) is 0 Å². The molecule has 0 N–H and O–H groups in total. The summed E-state index contributed by atoms with van der Waals surface area (Å²) >= 11 is 5.84. The van der Waals surface area contributed by atoms with Gasteiger partial charge >= 0.3 is 0 Å². The highest BCUT2D eigenvalue weighted by Crippen LogP contribution is 2.26. The van der Waals surface area contributed by atoms with Crippen molar-refractivity contribution in [2.24, 2.45) is 5.92 Å². The largest absolute Gasteiger partial charge is 0.342 e. The lowest BCUT2D eigenvalue weighted by Gasteiger charge is -2.35. The molecule has 2 saturated heterocycles. The molecule has 2 aliphatic rings. The van der Waals surface area contributed by atoms with E-state index in [4.69, 9.17) is 11.6 Å². The number of halogens is 1. The lowest BCUT2D eigenvalue weighted by molar-refractivity contribution is -0.137. The van der Waals surface area contributed by atoms with E-state index < -0.39 is 10.0 Å². The molecule has 3 rings (SSSR count). The number of nitrogens with zero attached hydrogens (tertiary/aromatic N) is 2. The van der Waals surface area contributed by atoms with Gasteiger partial charge in [-0.15, -0.1) is 0 Å². The van der Waals surface area contributed by atoms with Gasteiger partial charge in [0.15, 0.2) is 0 Å². The molecule has 0 radical (unpaired) electrons. The van der Waals surface area contributed by atoms with E-state index >= 15 is 0 Å². The van der Waals surface area contributed by atoms with Gasteiger partial charge in [0.25, 0.3) is 0 Å². The Balaban J connectivity index is 1.72. The van der Waals surface area contributed by atoms with Crippen molar-refractivity contribution in [2.45, 2.75) is 37.0 Å². The predicted molar refractivity (Wildman–Crippen MR) is 93.4 cm³/mol. The third-order valence-electron chi connectivity index (χ3n) is 4.85. The van der Waals surface area contributed by atoms with E-state index in [0.29, 0.717) is 11.6 Å². The fourth-order valence-electron chi connectivity index (χ4n) is 3.49. The standard InChI is InChI=1S/C17H23ClN2O3S/c18-15-6-8-16(9-7-15)24(22,23)20-12-4-5-14(13-20)17(21)19-10-2-1-3-11-19/h6-9,14H,1-5,10-13H2/t14-/m1/s1. The van der Waals surface area contributed by atoms with Gasteiger partial charge in [0.1, 0.15) is 0 Å². The smallest absolute Gasteiger partial charge is 0.243 e. The van der Waals surface area contributed by atoms with Crippen molar-refractivity contribution in [1.82, 2.24) is 9.21 Å². The summed E-state index contributed by atoms with van der Waals surface area (Å²) in [5.41, 5.74) is 0. The molecule has 5 nitrogen and oxygen atoms in total. The van der Waals surface area contributed by atoms with Crippen LogP contribution in [0.2, 0.25) is 5.02 Å². The zero-order valence-electron chi connectivity index (χ0n) is 13.7. The summed E-state index contributed by atoms with van der Waals surface area (Å²) in [5, 5.41) is 0.505. The van der Waals surface area contributed by atoms with Gasteiger partial charge in [-0.1, -0.05) is 11.6 Å². The molecule has 0 saturated carbocycles. The summed E-state index contributed by atoms with van der Waals surface area (Å²) in [4.78, 5) is 14.8. The van der Waals surface area contributed by atoms with Crippen LogP contribution < -0.4 is 0 Å². The van der Waals surface area contributed by atoms with E-state index in [1.165, 1.54) is 22.9 Å². The summed E-state index contributed by atoms with van der Waals surface area (Å²) in [6.07, 6.45) is 4.75. The number of piperidine rings is 2. The van der Waals surface area contributed by atoms with Crippen molar-refractivity contribution >= 4 is 27.5 Å². The molecular weight excluding hydrogens is 348 g/mol. The first-order valence-electron chi connectivity index (χ1n) is 8.53. The molecule has 0 unspecified atom stereocenters. The van der Waals surface area contributed by atoms with Gasteiger partial charge in [0, 0.05) is 31.2 Å². The maximum atomic E-state index is 12.8. The minimum Gasteiger partial charge on any atom is -0.342 e. The molecule has 2 heterocycles. The van der Waals surface area contributed by atoms with Gasteiger partial charge in [-0.25, -0.2) is 8.42 Å². The monoisotopic (exact) mass is 370 g/mol. The Bertz CT molecular complexity index is 684. The number of rotatable bonds is 3. The Morgan fingerprint density at radius 3 is 2.33 bits per heavy atom. The molecule has 1 aromatic carbocycles. The van der Waals surface area contributed by atoms with Gasteiger partial charge in [-0.2, -0.15) is 4.31 Å². The van der Waals surface area contributed by atoms with E-state index in [2.05, 4.69) is 0 Å². The summed E-state index contributed by atoms with van der Waals surface area (Å²) in [5.74, 6) is -0.107. The minimum atomic E-state index is -3.57. The number of hydrogen-bond donors (Lipinski definition) is 0. The van der Waals surface area contributed by atoms with E-state index in [9.17, 15) is 13.2 Å². The first-order chi connectivity index (χ1) is 11.5. The molecule has 1 atom stereocenters. The molecular formula is C17H23ClN2O3S. The number of carbonyl (C=O) groups excluding carboxylic acids is 1. The fraction of sp³-hybridized carbons (Fsp3) is 0.588. The highest BCUT2D eigenvalue weighted by atomic mass is 35.5. The van der Waals surface area contributed by atoms with Gasteiger partial charge in [0.2, 0.25) is 15.9 Å². The SMILES string of the molecule is O=C([C@@H]1CCCN(S(=O)(=O)c2ccc(Cl)cc2)C1)N1CCCCC1. The van der Waals surface area contributed by atoms with Crippen LogP contribution in [0.4, 0.5) is 0 Å². The van der Waals surface area contributed by atoms with Crippen LogP contribution in [0.5, 0.6) is 0 Å². The Labute approximate surface area is 148 Å². The van der Waals surface area contributed by atoms with Crippen molar-refractivity contribution < 1.29 is 13.2 Å². The van der Waals surface area contributed by atoms with Gasteiger partial charge in [-0.3, -0.25) is 4.79 Å². The van der Waals surface area contributed by atoms with Crippen molar-refractivity contribution in [2.75, 3.05) is 26.2 Å². The van der Waals surface area contributed by atoms with Crippen LogP contribution in [0.1, 0.15) is 32.1 Å². The molecule has 132 valence electrons. The average Bonchev–Trinajstić information content (AvgIpc) is 2.62. The number of sulfonamides is 1. The van der Waals surface area contributed by atoms with Crippen molar-refractivity contribution in [3.05, 3.63) is 29.3 Å². The fourth-order valence-corrected chi connectivity index (χ4v) is 5.14. The van der Waals surface area contributed by atoms with Crippen LogP contribution in [0.3, 0.4) is 0 Å². The Morgan fingerprint density at radius 2 is 1.67 bits per heavy atom. The molecule has 0 bridgehead atoms. The Hall–Kier alpha value is -1.11. The summed E-state index contributed by atoms with van der Waals surface area (Å²) < 4.78 is 27.1. The Kier molecular flexibility index (Phi) is 5.47. The Morgan fingerprint density at radius 1 is 1.00 bits per heavy atom. The third-order valence-corrected chi connectivity index (χ3v) is 6.98. The summed E-state index contributed by atoms with van der Waals surface area (Å²) in [6.45, 7) is 2.35. The summed E-state index contributed by atoms with van der Waals surface area (Å²) in [7, 11) is -3.57. The first kappa shape index (κ1) is 17.7. The van der Waals surface area contributed by atoms with E-state index in [1.807, 2.05) is 4.90 Å². The highest BCUT2D eigenvalue weighted by molar-refractivity contribution is 7.89. The lowest BCUT2D eigenvalue weighted by atomic mass is 9.97. The van der Waals surface area contributed by atoms with Crippen LogP contribution in [0, 0.1) is 5.92 Å². The minimum absolute atomic E-state index is 0.116. The number of amides is 1. The van der Waals surface area contributed by atoms with Crippen LogP contribution >= 0.6 is 11.6 Å². The van der Waals surface area contributed by atoms with E-state index in [-0.39, 0.29) is 23.3 Å². The second-order valence-electron chi connectivity index (χ2n) is 6.54. The maximum absolute atomic E-state index is 12.8. The van der Waals surface area contributed by atoms with Crippen LogP contribution in [-0.2, 0) is 14.8 Å². The number of likely N-dealkylation sites (tertiary alicyclic amines) is 1. The number of carbonyl (C=O) groups is 1. The topological polar surface area (TPSA) is 57.7 Å². The molecule has 24 heavy (non-hydrogen) atoms. The number of benzene rings is 1. The third kappa shape index (κ3) is 3.76. The molecule has 0 spiro atoms. The highest BCUT2D eigenvalue weighted by Gasteiger charge is 2.35. The van der Waals surface area contributed by atoms with Crippen molar-refractivity contribution in [3.63, 3.8) is 0 Å². The van der Waals surface area contributed by atoms with Gasteiger partial charge in [-0.05, 0) is 56.4 Å². The van der Waals surface area contributed by atoms with Crippen LogP contribution in [-0.4, -0.2) is 49.7 Å². The van der Waals surface area contributed by atoms with E-state index in [0.717, 1.165) is 38.8 Å². The second-order valence-corrected chi connectivity index (χ2v) is 8.92. The summed E-state index contributed by atoms with van der Waals surface area (Å²) in [6, 6.07) is 6.20. The molecule has 2 aliphatic heterocycles. The number of hydrogen-bond acceptors (Lipinski definition) is 3. The second kappa shape index (κ2) is 7.42. The van der Waals surface area contributed by atoms with Crippen LogP contribution in [0.15, 0.2) is 29.2 Å².